The summed E-state index contributed by atoms with van der Waals surface area (Å²) in [6, 6.07) is 4.60. The fourth-order valence-electron chi connectivity index (χ4n) is 2.90. The third-order valence-electron chi connectivity index (χ3n) is 4.00. The summed E-state index contributed by atoms with van der Waals surface area (Å²) in [5.74, 6) is 0.905. The summed E-state index contributed by atoms with van der Waals surface area (Å²) in [6.45, 7) is 6.73. The van der Waals surface area contributed by atoms with Crippen molar-refractivity contribution < 1.29 is 0 Å². The van der Waals surface area contributed by atoms with Crippen LogP contribution in [0.4, 0.5) is 0 Å². The number of nitrogens with two attached hydrogens (primary N) is 1. The van der Waals surface area contributed by atoms with Crippen molar-refractivity contribution in [2.45, 2.75) is 45.2 Å². The van der Waals surface area contributed by atoms with E-state index in [2.05, 4.69) is 24.8 Å². The molecule has 0 aromatic carbocycles. The maximum absolute atomic E-state index is 6.20. The number of nitrogens with zero attached hydrogens (tertiary/aromatic N) is 1. The van der Waals surface area contributed by atoms with Crippen molar-refractivity contribution in [2.24, 2.45) is 11.7 Å². The average Bonchev–Trinajstić information content (AvgIpc) is 2.76. The Hall–Kier alpha value is -0.0900. The van der Waals surface area contributed by atoms with Crippen molar-refractivity contribution in [1.29, 1.82) is 0 Å². The standard InChI is InChI=1S/C14H23ClN2S/c1-3-11-6-8-17(9-7-11)14(10(2)16)12-4-5-13(15)18-12/h4-5,10-11,14H,3,6-9,16H2,1-2H3. The highest BCUT2D eigenvalue weighted by molar-refractivity contribution is 7.16. The van der Waals surface area contributed by atoms with E-state index >= 15 is 0 Å². The second-order valence-corrected chi connectivity index (χ2v) is 7.08. The molecule has 2 atom stereocenters. The van der Waals surface area contributed by atoms with Gasteiger partial charge in [-0.2, -0.15) is 0 Å². The zero-order valence-electron chi connectivity index (χ0n) is 11.2. The molecule has 18 heavy (non-hydrogen) atoms. The number of hydrogen-bond acceptors (Lipinski definition) is 3. The van der Waals surface area contributed by atoms with Crippen molar-refractivity contribution in [3.05, 3.63) is 21.3 Å². The second-order valence-electron chi connectivity index (χ2n) is 5.33. The maximum atomic E-state index is 6.20. The molecule has 2 N–H and O–H groups in total. The van der Waals surface area contributed by atoms with Crippen molar-refractivity contribution in [2.75, 3.05) is 13.1 Å². The van der Waals surface area contributed by atoms with Gasteiger partial charge in [0.25, 0.3) is 0 Å². The minimum Gasteiger partial charge on any atom is -0.326 e. The van der Waals surface area contributed by atoms with E-state index in [9.17, 15) is 0 Å². The lowest BCUT2D eigenvalue weighted by molar-refractivity contribution is 0.119. The van der Waals surface area contributed by atoms with Crippen LogP contribution in [0.15, 0.2) is 12.1 Å². The molecule has 1 aliphatic heterocycles. The van der Waals surface area contributed by atoms with Crippen LogP contribution in [0, 0.1) is 5.92 Å². The summed E-state index contributed by atoms with van der Waals surface area (Å²) in [6.07, 6.45) is 3.92. The molecule has 0 saturated carbocycles. The molecule has 1 aromatic heterocycles. The molecule has 0 amide bonds. The summed E-state index contributed by atoms with van der Waals surface area (Å²) < 4.78 is 0.860. The minimum absolute atomic E-state index is 0.151. The summed E-state index contributed by atoms with van der Waals surface area (Å²) in [4.78, 5) is 3.85. The Morgan fingerprint density at radius 3 is 2.56 bits per heavy atom. The smallest absolute Gasteiger partial charge is 0.0931 e. The Morgan fingerprint density at radius 1 is 1.44 bits per heavy atom. The molecule has 0 bridgehead atoms. The van der Waals surface area contributed by atoms with E-state index in [1.54, 1.807) is 11.3 Å². The Bertz CT molecular complexity index is 370. The minimum atomic E-state index is 0.151. The molecule has 4 heteroatoms. The molecule has 0 spiro atoms. The van der Waals surface area contributed by atoms with Crippen molar-refractivity contribution in [3.8, 4) is 0 Å². The van der Waals surface area contributed by atoms with Crippen LogP contribution in [0.1, 0.15) is 44.0 Å². The van der Waals surface area contributed by atoms with Crippen molar-refractivity contribution in [1.82, 2.24) is 4.90 Å². The van der Waals surface area contributed by atoms with Crippen LogP contribution in [0.5, 0.6) is 0 Å². The van der Waals surface area contributed by atoms with E-state index in [0.717, 1.165) is 10.3 Å². The van der Waals surface area contributed by atoms with Gasteiger partial charge in [-0.15, -0.1) is 11.3 Å². The van der Waals surface area contributed by atoms with E-state index in [1.165, 1.54) is 37.2 Å². The SMILES string of the molecule is CCC1CCN(C(c2ccc(Cl)s2)C(C)N)CC1. The van der Waals surface area contributed by atoms with Gasteiger partial charge >= 0.3 is 0 Å². The van der Waals surface area contributed by atoms with Gasteiger partial charge in [0.2, 0.25) is 0 Å². The number of thiophene rings is 1. The predicted molar refractivity (Wildman–Crippen MR) is 80.3 cm³/mol. The van der Waals surface area contributed by atoms with E-state index in [0.29, 0.717) is 6.04 Å². The molecule has 1 aromatic rings. The number of halogens is 1. The van der Waals surface area contributed by atoms with E-state index < -0.39 is 0 Å². The molecule has 0 radical (unpaired) electrons. The zero-order chi connectivity index (χ0) is 13.1. The molecule has 0 aliphatic carbocycles. The van der Waals surface area contributed by atoms with E-state index in [4.69, 9.17) is 17.3 Å². The Kier molecular flexibility index (Phi) is 5.07. The van der Waals surface area contributed by atoms with Crippen LogP contribution in [-0.2, 0) is 0 Å². The highest BCUT2D eigenvalue weighted by Gasteiger charge is 2.28. The van der Waals surface area contributed by atoms with Gasteiger partial charge in [0.15, 0.2) is 0 Å². The van der Waals surface area contributed by atoms with Gasteiger partial charge in [-0.3, -0.25) is 4.90 Å². The third-order valence-corrected chi connectivity index (χ3v) is 5.31. The monoisotopic (exact) mass is 286 g/mol. The van der Waals surface area contributed by atoms with Crippen LogP contribution in [0.25, 0.3) is 0 Å². The number of likely N-dealkylation sites (tertiary alicyclic amines) is 1. The largest absolute Gasteiger partial charge is 0.326 e. The summed E-state index contributed by atoms with van der Waals surface area (Å²) in [5, 5.41) is 0. The van der Waals surface area contributed by atoms with Crippen LogP contribution >= 0.6 is 22.9 Å². The Labute approximate surface area is 119 Å². The summed E-state index contributed by atoms with van der Waals surface area (Å²) in [7, 11) is 0. The van der Waals surface area contributed by atoms with Crippen LogP contribution in [0.3, 0.4) is 0 Å². The number of rotatable bonds is 4. The second kappa shape index (κ2) is 6.38. The fraction of sp³-hybridized carbons (Fsp3) is 0.714. The van der Waals surface area contributed by atoms with Crippen LogP contribution < -0.4 is 5.73 Å². The van der Waals surface area contributed by atoms with Gasteiger partial charge in [-0.1, -0.05) is 24.9 Å². The fourth-order valence-corrected chi connectivity index (χ4v) is 4.21. The van der Waals surface area contributed by atoms with E-state index in [1.807, 2.05) is 6.07 Å². The topological polar surface area (TPSA) is 29.3 Å². The lowest BCUT2D eigenvalue weighted by atomic mass is 9.92. The number of hydrogen-bond donors (Lipinski definition) is 1. The molecule has 1 saturated heterocycles. The van der Waals surface area contributed by atoms with Crippen molar-refractivity contribution in [3.63, 3.8) is 0 Å². The first-order chi connectivity index (χ1) is 8.61. The molecule has 2 rings (SSSR count). The molecule has 102 valence electrons. The zero-order valence-corrected chi connectivity index (χ0v) is 12.8. The van der Waals surface area contributed by atoms with Crippen molar-refractivity contribution >= 4 is 22.9 Å². The Morgan fingerprint density at radius 2 is 2.11 bits per heavy atom. The first-order valence-electron chi connectivity index (χ1n) is 6.86. The first kappa shape index (κ1) is 14.3. The van der Waals surface area contributed by atoms with Gasteiger partial charge in [0, 0.05) is 10.9 Å². The average molecular weight is 287 g/mol. The quantitative estimate of drug-likeness (QED) is 0.909. The number of piperidine rings is 1. The summed E-state index contributed by atoms with van der Waals surface area (Å²) >= 11 is 7.72. The molecule has 2 heterocycles. The molecule has 1 fully saturated rings. The van der Waals surface area contributed by atoms with Gasteiger partial charge in [0.05, 0.1) is 10.4 Å². The van der Waals surface area contributed by atoms with Gasteiger partial charge in [-0.05, 0) is 50.9 Å². The lowest BCUT2D eigenvalue weighted by Gasteiger charge is -2.38. The van der Waals surface area contributed by atoms with Crippen LogP contribution in [-0.4, -0.2) is 24.0 Å². The molecular formula is C14H23ClN2S. The molecular weight excluding hydrogens is 264 g/mol. The Balaban J connectivity index is 2.07. The lowest BCUT2D eigenvalue weighted by Crippen LogP contribution is -2.43. The van der Waals surface area contributed by atoms with Gasteiger partial charge in [-0.25, -0.2) is 0 Å². The summed E-state index contributed by atoms with van der Waals surface area (Å²) in [5.41, 5.74) is 6.20. The van der Waals surface area contributed by atoms with E-state index in [-0.39, 0.29) is 6.04 Å². The van der Waals surface area contributed by atoms with Gasteiger partial charge < -0.3 is 5.73 Å². The maximum Gasteiger partial charge on any atom is 0.0931 e. The molecule has 2 unspecified atom stereocenters. The van der Waals surface area contributed by atoms with Crippen LogP contribution in [0.2, 0.25) is 4.34 Å². The highest BCUT2D eigenvalue weighted by Crippen LogP contribution is 2.34. The molecule has 2 nitrogen and oxygen atoms in total. The normalized spacial score (nSPS) is 22.0. The van der Waals surface area contributed by atoms with Gasteiger partial charge in [0.1, 0.15) is 0 Å². The highest BCUT2D eigenvalue weighted by atomic mass is 35.5. The predicted octanol–water partition coefficient (Wildman–Crippen LogP) is 3.91. The first-order valence-corrected chi connectivity index (χ1v) is 8.06. The third kappa shape index (κ3) is 3.27. The molecule has 1 aliphatic rings.